The van der Waals surface area contributed by atoms with Gasteiger partial charge in [0.15, 0.2) is 19.5 Å². The van der Waals surface area contributed by atoms with Crippen LogP contribution in [0.5, 0.6) is 0 Å². The first-order valence-electron chi connectivity index (χ1n) is 10.5. The Kier molecular flexibility index (Phi) is 7.04. The first-order chi connectivity index (χ1) is 14.9. The summed E-state index contributed by atoms with van der Waals surface area (Å²) in [6.07, 6.45) is 1.36. The van der Waals surface area contributed by atoms with E-state index in [1.807, 2.05) is 0 Å². The third-order valence-electron chi connectivity index (χ3n) is 6.22. The molecule has 3 N–H and O–H groups in total. The average Bonchev–Trinajstić information content (AvgIpc) is 3.38. The first kappa shape index (κ1) is 24.8. The summed E-state index contributed by atoms with van der Waals surface area (Å²) < 4.78 is 21.3. The number of rotatable bonds is 6. The van der Waals surface area contributed by atoms with Crippen molar-refractivity contribution in [1.82, 2.24) is 19.5 Å². The van der Waals surface area contributed by atoms with E-state index >= 15 is 0 Å². The molecular formula is C18H31N5O4PS3Si. The number of nitrogen functional groups attached to an aromatic ring is 1. The normalized spacial score (nSPS) is 26.2. The minimum atomic E-state index is -1.96. The molecule has 2 aliphatic rings. The summed E-state index contributed by atoms with van der Waals surface area (Å²) in [5, 5.41) is -1.79. The largest absolute Gasteiger partial charge is 0.414 e. The first-order valence-corrected chi connectivity index (χ1v) is 19.4. The van der Waals surface area contributed by atoms with Crippen LogP contribution < -0.4 is 11.3 Å². The molecule has 9 nitrogen and oxygen atoms in total. The number of aromatic nitrogens is 4. The van der Waals surface area contributed by atoms with Crippen molar-refractivity contribution in [1.29, 1.82) is 0 Å². The Bertz CT molecular complexity index is 1040. The lowest BCUT2D eigenvalue weighted by Gasteiger charge is -2.37. The van der Waals surface area contributed by atoms with Gasteiger partial charge in [-0.1, -0.05) is 43.5 Å². The van der Waals surface area contributed by atoms with Crippen LogP contribution in [0.4, 0.5) is 5.95 Å². The Morgan fingerprint density at radius 2 is 2.09 bits per heavy atom. The fourth-order valence-electron chi connectivity index (χ4n) is 3.37. The summed E-state index contributed by atoms with van der Waals surface area (Å²) in [4.78, 5) is 23.2. The molecule has 32 heavy (non-hydrogen) atoms. The van der Waals surface area contributed by atoms with Crippen LogP contribution in [0.2, 0.25) is 18.1 Å². The van der Waals surface area contributed by atoms with Gasteiger partial charge in [0, 0.05) is 17.9 Å². The van der Waals surface area contributed by atoms with Crippen LogP contribution in [0.3, 0.4) is 0 Å². The maximum Gasteiger partial charge on any atom is 0.280 e. The molecule has 2 saturated heterocycles. The lowest BCUT2D eigenvalue weighted by atomic mass is 10.2. The lowest BCUT2D eigenvalue weighted by Crippen LogP contribution is -2.44. The molecule has 0 bridgehead atoms. The quantitative estimate of drug-likeness (QED) is 0.279. The third-order valence-corrected chi connectivity index (χ3v) is 20.8. The Labute approximate surface area is 202 Å². The van der Waals surface area contributed by atoms with E-state index in [1.165, 1.54) is 0 Å². The van der Waals surface area contributed by atoms with E-state index in [-0.39, 0.29) is 40.5 Å². The number of hydrogen-bond acceptors (Lipinski definition) is 10. The molecule has 14 heteroatoms. The highest BCUT2D eigenvalue weighted by atomic mass is 33.4. The second-order valence-electron chi connectivity index (χ2n) is 9.49. The highest BCUT2D eigenvalue weighted by Crippen LogP contribution is 2.87. The van der Waals surface area contributed by atoms with Gasteiger partial charge in [0.25, 0.3) is 5.56 Å². The smallest absolute Gasteiger partial charge is 0.280 e. The number of H-pyrrole nitrogens is 1. The molecule has 4 heterocycles. The summed E-state index contributed by atoms with van der Waals surface area (Å²) in [5.41, 5.74) is 6.04. The fourth-order valence-corrected chi connectivity index (χ4v) is 14.0. The van der Waals surface area contributed by atoms with E-state index in [9.17, 15) is 4.79 Å². The number of aromatic amines is 1. The molecule has 0 saturated carbocycles. The Morgan fingerprint density at radius 1 is 1.41 bits per heavy atom. The number of imidazole rings is 1. The van der Waals surface area contributed by atoms with Crippen molar-refractivity contribution in [2.75, 3.05) is 23.8 Å². The summed E-state index contributed by atoms with van der Waals surface area (Å²) in [6, 6.07) is 0. The van der Waals surface area contributed by atoms with E-state index in [0.717, 1.165) is 11.5 Å². The number of anilines is 1. The van der Waals surface area contributed by atoms with E-state index in [4.69, 9.17) is 31.7 Å². The highest BCUT2D eigenvalue weighted by molar-refractivity contribution is 9.15. The third kappa shape index (κ3) is 5.05. The maximum atomic E-state index is 12.2. The van der Waals surface area contributed by atoms with Gasteiger partial charge in [-0.2, -0.15) is 4.98 Å². The number of fused-ring (bicyclic) bond motifs is 1. The molecule has 4 rings (SSSR count). The van der Waals surface area contributed by atoms with Gasteiger partial charge in [-0.05, 0) is 18.1 Å². The van der Waals surface area contributed by atoms with Gasteiger partial charge in [-0.3, -0.25) is 14.3 Å². The predicted octanol–water partition coefficient (Wildman–Crippen LogP) is 4.48. The van der Waals surface area contributed by atoms with Gasteiger partial charge in [0.2, 0.25) is 5.95 Å². The van der Waals surface area contributed by atoms with Crippen molar-refractivity contribution < 1.29 is 13.7 Å². The molecule has 2 aliphatic heterocycles. The number of hydrogen-bond donors (Lipinski definition) is 3. The van der Waals surface area contributed by atoms with Crippen LogP contribution in [-0.2, 0) is 13.7 Å². The fraction of sp³-hybridized carbons (Fsp3) is 0.722. The van der Waals surface area contributed by atoms with E-state index in [1.54, 1.807) is 33.7 Å². The van der Waals surface area contributed by atoms with Crippen LogP contribution >= 0.6 is 40.1 Å². The van der Waals surface area contributed by atoms with E-state index in [0.29, 0.717) is 18.7 Å². The molecule has 0 unspecified atom stereocenters. The second-order valence-corrected chi connectivity index (χ2v) is 25.4. The van der Waals surface area contributed by atoms with Crippen LogP contribution in [-0.4, -0.2) is 58.2 Å². The van der Waals surface area contributed by atoms with Gasteiger partial charge in [0.1, 0.15) is 17.4 Å². The Morgan fingerprint density at radius 3 is 2.75 bits per heavy atom. The SMILES string of the molecule is CC(C)(C)[Si](C)(C)OC[C@H]1O[C@@H](n2cnc3c(=O)[nH]c(N)nc32)C[C@@H]1O[P]1(S)SCCS1. The number of nitrogens with two attached hydrogens (primary N) is 1. The number of thiol groups is 1. The van der Waals surface area contributed by atoms with Gasteiger partial charge < -0.3 is 19.4 Å². The standard InChI is InChI=1S/C18H31N5O4PS3Si/c1-18(2,3)32(4,5)25-9-12-11(27-28(29)30-6-7-31-28)8-13(26-12)23-10-20-14-15(23)21-17(19)22-16(14)24/h10-13,29H,6-9H2,1-5H3,(H3,19,21,22,24)/t11-,12+,13+/m0/s1. The van der Waals surface area contributed by atoms with E-state index in [2.05, 4.69) is 48.8 Å². The lowest BCUT2D eigenvalue weighted by molar-refractivity contribution is -0.0348. The zero-order valence-corrected chi connectivity index (χ0v) is 23.3. The van der Waals surface area contributed by atoms with Crippen LogP contribution in [0, 0.1) is 0 Å². The molecule has 0 aromatic carbocycles. The van der Waals surface area contributed by atoms with Crippen molar-refractivity contribution >= 4 is 65.5 Å². The number of nitrogens with zero attached hydrogens (tertiary/aromatic N) is 3. The van der Waals surface area contributed by atoms with Crippen molar-refractivity contribution in [2.24, 2.45) is 0 Å². The topological polar surface area (TPSA) is 117 Å². The second kappa shape index (κ2) is 9.07. The molecule has 0 spiro atoms. The molecule has 3 atom stereocenters. The summed E-state index contributed by atoms with van der Waals surface area (Å²) in [6.45, 7) is 11.6. The summed E-state index contributed by atoms with van der Waals surface area (Å²) in [5.74, 6) is 2.14. The summed E-state index contributed by atoms with van der Waals surface area (Å²) >= 11 is 8.50. The van der Waals surface area contributed by atoms with Crippen molar-refractivity contribution in [2.45, 2.75) is 63.8 Å². The van der Waals surface area contributed by atoms with Crippen LogP contribution in [0.25, 0.3) is 11.2 Å². The van der Waals surface area contributed by atoms with Crippen molar-refractivity contribution in [3.8, 4) is 0 Å². The minimum absolute atomic E-state index is 0.0480. The predicted molar refractivity (Wildman–Crippen MR) is 140 cm³/mol. The van der Waals surface area contributed by atoms with Gasteiger partial charge in [-0.15, -0.1) is 12.2 Å². The monoisotopic (exact) mass is 536 g/mol. The van der Waals surface area contributed by atoms with Crippen molar-refractivity contribution in [3.63, 3.8) is 0 Å². The molecule has 2 aromatic heterocycles. The Hall–Kier alpha value is -0.273. The van der Waals surface area contributed by atoms with Crippen LogP contribution in [0.15, 0.2) is 11.1 Å². The maximum absolute atomic E-state index is 12.2. The van der Waals surface area contributed by atoms with E-state index < -0.39 is 13.4 Å². The molecule has 1 radical (unpaired) electrons. The molecule has 2 fully saturated rings. The molecule has 0 amide bonds. The molecular weight excluding hydrogens is 505 g/mol. The van der Waals surface area contributed by atoms with Crippen LogP contribution in [0.1, 0.15) is 33.4 Å². The van der Waals surface area contributed by atoms with Crippen molar-refractivity contribution in [3.05, 3.63) is 16.7 Å². The average molecular weight is 537 g/mol. The van der Waals surface area contributed by atoms with Gasteiger partial charge in [0.05, 0.1) is 19.0 Å². The molecule has 0 aliphatic carbocycles. The zero-order chi connectivity index (χ0) is 23.3. The molecule has 2 aromatic rings. The minimum Gasteiger partial charge on any atom is -0.414 e. The molecule has 179 valence electrons. The van der Waals surface area contributed by atoms with Gasteiger partial charge in [-0.25, -0.2) is 4.98 Å². The van der Waals surface area contributed by atoms with Gasteiger partial charge >= 0.3 is 0 Å². The number of nitrogens with one attached hydrogen (secondary N) is 1. The summed E-state index contributed by atoms with van der Waals surface area (Å²) in [7, 11) is -1.96. The highest BCUT2D eigenvalue weighted by Gasteiger charge is 2.45. The Balaban J connectivity index is 1.59. The number of ether oxygens (including phenoxy) is 1. The zero-order valence-electron chi connectivity index (χ0n) is 18.9.